The molecule has 7 heteroatoms. The number of carboxylic acid groups (broad SMARTS) is 2. The van der Waals surface area contributed by atoms with Gasteiger partial charge in [0.2, 0.25) is 0 Å². The van der Waals surface area contributed by atoms with Crippen LogP contribution in [0.3, 0.4) is 0 Å². The quantitative estimate of drug-likeness (QED) is 0.394. The molecule has 0 bridgehead atoms. The summed E-state index contributed by atoms with van der Waals surface area (Å²) in [4.78, 5) is 32.2. The molecule has 0 saturated carbocycles. The Morgan fingerprint density at radius 2 is 1.14 bits per heavy atom. The summed E-state index contributed by atoms with van der Waals surface area (Å²) in [6.07, 6.45) is 2.91. The van der Waals surface area contributed by atoms with Crippen LogP contribution in [0.1, 0.15) is 79.9 Å². The Morgan fingerprint density at radius 3 is 1.41 bits per heavy atom. The molecule has 0 unspecified atom stereocenters. The highest BCUT2D eigenvalue weighted by Crippen LogP contribution is 2.26. The number of aromatic amines is 3. The summed E-state index contributed by atoms with van der Waals surface area (Å²) >= 11 is 0. The minimum absolute atomic E-state index is 0.226. The van der Waals surface area contributed by atoms with Gasteiger partial charge in [0.15, 0.2) is 0 Å². The minimum atomic E-state index is -0.956. The van der Waals surface area contributed by atoms with Gasteiger partial charge in [-0.2, -0.15) is 0 Å². The normalized spacial score (nSPS) is 11.2. The fraction of sp³-hybridized carbons (Fsp3) is 0.364. The Balaban J connectivity index is 1.94. The van der Waals surface area contributed by atoms with Crippen molar-refractivity contribution < 1.29 is 19.8 Å². The first kappa shape index (κ1) is 20.5. The molecule has 0 aromatic carbocycles. The van der Waals surface area contributed by atoms with E-state index in [4.69, 9.17) is 0 Å². The molecule has 0 aliphatic rings. The molecule has 0 spiro atoms. The van der Waals surface area contributed by atoms with Crippen LogP contribution in [-0.2, 0) is 25.7 Å². The standard InChI is InChI=1S/C22H27N3O4/c1-5-15-16(6-2)18(10-14-8-12(4)20(24-14)22(28)29)25-17(15)9-13-7-11(3)19(23-13)21(26)27/h7-8,23-25H,5-6,9-10H2,1-4H3,(H,26,27)(H,28,29). The van der Waals surface area contributed by atoms with Gasteiger partial charge >= 0.3 is 11.9 Å². The zero-order valence-corrected chi connectivity index (χ0v) is 17.2. The summed E-state index contributed by atoms with van der Waals surface area (Å²) in [5.41, 5.74) is 8.22. The zero-order valence-electron chi connectivity index (χ0n) is 17.2. The summed E-state index contributed by atoms with van der Waals surface area (Å²) in [7, 11) is 0. The molecule has 3 aromatic heterocycles. The van der Waals surface area contributed by atoms with Crippen molar-refractivity contribution in [3.63, 3.8) is 0 Å². The predicted molar refractivity (Wildman–Crippen MR) is 110 cm³/mol. The maximum absolute atomic E-state index is 11.3. The number of carboxylic acids is 2. The van der Waals surface area contributed by atoms with Gasteiger partial charge in [-0.25, -0.2) is 9.59 Å². The number of aromatic carboxylic acids is 2. The number of H-pyrrole nitrogens is 3. The fourth-order valence-electron chi connectivity index (χ4n) is 4.13. The number of rotatable bonds is 8. The molecule has 0 saturated heterocycles. The molecule has 3 rings (SSSR count). The Kier molecular flexibility index (Phi) is 5.68. The summed E-state index contributed by atoms with van der Waals surface area (Å²) in [5, 5.41) is 18.6. The van der Waals surface area contributed by atoms with E-state index in [9.17, 15) is 19.8 Å². The highest BCUT2D eigenvalue weighted by Gasteiger charge is 2.19. The summed E-state index contributed by atoms with van der Waals surface area (Å²) in [6, 6.07) is 3.75. The van der Waals surface area contributed by atoms with Gasteiger partial charge in [-0.3, -0.25) is 0 Å². The van der Waals surface area contributed by atoms with Crippen molar-refractivity contribution in [3.8, 4) is 0 Å². The van der Waals surface area contributed by atoms with Crippen LogP contribution in [0.4, 0.5) is 0 Å². The Morgan fingerprint density at radius 1 is 0.759 bits per heavy atom. The average molecular weight is 397 g/mol. The number of aromatic nitrogens is 3. The third-order valence-corrected chi connectivity index (χ3v) is 5.41. The summed E-state index contributed by atoms with van der Waals surface area (Å²) in [5.74, 6) is -1.91. The zero-order chi connectivity index (χ0) is 21.3. The molecule has 154 valence electrons. The van der Waals surface area contributed by atoms with Crippen molar-refractivity contribution in [2.45, 2.75) is 53.4 Å². The maximum atomic E-state index is 11.3. The van der Waals surface area contributed by atoms with Gasteiger partial charge in [0.1, 0.15) is 11.4 Å². The second kappa shape index (κ2) is 8.03. The Hall–Kier alpha value is -3.22. The van der Waals surface area contributed by atoms with Gasteiger partial charge in [-0.05, 0) is 61.1 Å². The second-order valence-corrected chi connectivity index (χ2v) is 7.42. The van der Waals surface area contributed by atoms with E-state index in [1.807, 2.05) is 12.1 Å². The lowest BCUT2D eigenvalue weighted by Gasteiger charge is -2.04. The molecule has 0 aliphatic carbocycles. The summed E-state index contributed by atoms with van der Waals surface area (Å²) < 4.78 is 0. The minimum Gasteiger partial charge on any atom is -0.477 e. The number of aryl methyl sites for hydroxylation is 2. The molecule has 0 fully saturated rings. The number of hydrogen-bond donors (Lipinski definition) is 5. The molecule has 0 atom stereocenters. The van der Waals surface area contributed by atoms with Crippen LogP contribution in [0.2, 0.25) is 0 Å². The lowest BCUT2D eigenvalue weighted by molar-refractivity contribution is 0.0679. The van der Waals surface area contributed by atoms with Crippen LogP contribution >= 0.6 is 0 Å². The lowest BCUT2D eigenvalue weighted by atomic mass is 10.0. The number of nitrogens with one attached hydrogen (secondary N) is 3. The number of carbonyl (C=O) groups is 2. The van der Waals surface area contributed by atoms with Crippen molar-refractivity contribution >= 4 is 11.9 Å². The second-order valence-electron chi connectivity index (χ2n) is 7.42. The van der Waals surface area contributed by atoms with Crippen LogP contribution in [0, 0.1) is 13.8 Å². The van der Waals surface area contributed by atoms with E-state index in [0.717, 1.165) is 46.7 Å². The van der Waals surface area contributed by atoms with Gasteiger partial charge in [0.05, 0.1) is 0 Å². The van der Waals surface area contributed by atoms with Crippen molar-refractivity contribution in [3.05, 3.63) is 68.6 Å². The van der Waals surface area contributed by atoms with E-state index >= 15 is 0 Å². The van der Waals surface area contributed by atoms with Gasteiger partial charge in [-0.1, -0.05) is 13.8 Å². The monoisotopic (exact) mass is 397 g/mol. The molecule has 0 amide bonds. The average Bonchev–Trinajstić information content (AvgIpc) is 3.30. The van der Waals surface area contributed by atoms with Crippen molar-refractivity contribution in [1.29, 1.82) is 0 Å². The third kappa shape index (κ3) is 3.99. The number of hydrogen-bond acceptors (Lipinski definition) is 2. The molecule has 3 aromatic rings. The Labute approximate surface area is 169 Å². The molecule has 7 nitrogen and oxygen atoms in total. The van der Waals surface area contributed by atoms with E-state index in [-0.39, 0.29) is 11.4 Å². The highest BCUT2D eigenvalue weighted by molar-refractivity contribution is 5.87. The van der Waals surface area contributed by atoms with Gasteiger partial charge < -0.3 is 25.2 Å². The van der Waals surface area contributed by atoms with Crippen LogP contribution < -0.4 is 0 Å². The van der Waals surface area contributed by atoms with Gasteiger partial charge in [0.25, 0.3) is 0 Å². The van der Waals surface area contributed by atoms with Crippen molar-refractivity contribution in [2.24, 2.45) is 0 Å². The smallest absolute Gasteiger partial charge is 0.352 e. The highest BCUT2D eigenvalue weighted by atomic mass is 16.4. The van der Waals surface area contributed by atoms with Gasteiger partial charge in [0, 0.05) is 35.6 Å². The van der Waals surface area contributed by atoms with Crippen molar-refractivity contribution in [1.82, 2.24) is 15.0 Å². The van der Waals surface area contributed by atoms with Crippen LogP contribution in [0.15, 0.2) is 12.1 Å². The fourth-order valence-corrected chi connectivity index (χ4v) is 4.13. The SMILES string of the molecule is CCc1c(Cc2cc(C)c(C(=O)O)[nH]2)[nH]c(Cc2cc(C)c(C(=O)O)[nH]2)c1CC. The van der Waals surface area contributed by atoms with Crippen LogP contribution in [0.25, 0.3) is 0 Å². The first-order valence-corrected chi connectivity index (χ1v) is 9.80. The van der Waals surface area contributed by atoms with E-state index in [1.165, 1.54) is 11.1 Å². The first-order valence-electron chi connectivity index (χ1n) is 9.80. The van der Waals surface area contributed by atoms with E-state index < -0.39 is 11.9 Å². The maximum Gasteiger partial charge on any atom is 0.352 e. The van der Waals surface area contributed by atoms with E-state index in [2.05, 4.69) is 28.8 Å². The Bertz CT molecular complexity index is 986. The van der Waals surface area contributed by atoms with Crippen molar-refractivity contribution in [2.75, 3.05) is 0 Å². The third-order valence-electron chi connectivity index (χ3n) is 5.41. The van der Waals surface area contributed by atoms with E-state index in [1.54, 1.807) is 13.8 Å². The molecule has 0 aliphatic heterocycles. The van der Waals surface area contributed by atoms with Crippen LogP contribution in [0.5, 0.6) is 0 Å². The molecular weight excluding hydrogens is 370 g/mol. The van der Waals surface area contributed by atoms with Crippen LogP contribution in [-0.4, -0.2) is 37.1 Å². The largest absolute Gasteiger partial charge is 0.477 e. The first-order chi connectivity index (χ1) is 13.7. The van der Waals surface area contributed by atoms with E-state index in [0.29, 0.717) is 12.8 Å². The summed E-state index contributed by atoms with van der Waals surface area (Å²) in [6.45, 7) is 7.80. The molecule has 5 N–H and O–H groups in total. The topological polar surface area (TPSA) is 122 Å². The molecular formula is C22H27N3O4. The predicted octanol–water partition coefficient (Wildman–Crippen LogP) is 3.99. The molecule has 29 heavy (non-hydrogen) atoms. The molecule has 3 heterocycles. The van der Waals surface area contributed by atoms with Gasteiger partial charge in [-0.15, -0.1) is 0 Å². The lowest BCUT2D eigenvalue weighted by Crippen LogP contribution is -2.00. The molecule has 0 radical (unpaired) electrons.